The maximum Gasteiger partial charge on any atom is 0.119 e. The predicted molar refractivity (Wildman–Crippen MR) is 83.5 cm³/mol. The van der Waals surface area contributed by atoms with Gasteiger partial charge in [-0.2, -0.15) is 0 Å². The number of benzene rings is 1. The molecule has 2 aromatic rings. The van der Waals surface area contributed by atoms with Crippen molar-refractivity contribution in [3.63, 3.8) is 0 Å². The molecule has 1 aromatic heterocycles. The SMILES string of the molecule is COCCNCc1cccc(OCCc2cccs2)c1. The summed E-state index contributed by atoms with van der Waals surface area (Å²) in [5, 5.41) is 5.43. The number of ether oxygens (including phenoxy) is 2. The zero-order valence-corrected chi connectivity index (χ0v) is 12.6. The van der Waals surface area contributed by atoms with Crippen molar-refractivity contribution in [3.8, 4) is 5.75 Å². The number of hydrogen-bond acceptors (Lipinski definition) is 4. The largest absolute Gasteiger partial charge is 0.493 e. The van der Waals surface area contributed by atoms with Crippen LogP contribution in [0.2, 0.25) is 0 Å². The second kappa shape index (κ2) is 8.74. The number of thiophene rings is 1. The van der Waals surface area contributed by atoms with Crippen LogP contribution in [0, 0.1) is 0 Å². The van der Waals surface area contributed by atoms with Crippen molar-refractivity contribution in [2.24, 2.45) is 0 Å². The summed E-state index contributed by atoms with van der Waals surface area (Å²) >= 11 is 1.78. The first-order valence-corrected chi connectivity index (χ1v) is 7.70. The van der Waals surface area contributed by atoms with E-state index in [2.05, 4.69) is 35.0 Å². The van der Waals surface area contributed by atoms with Crippen LogP contribution in [0.5, 0.6) is 5.75 Å². The van der Waals surface area contributed by atoms with E-state index in [1.807, 2.05) is 12.1 Å². The molecule has 108 valence electrons. The van der Waals surface area contributed by atoms with Crippen LogP contribution in [0.3, 0.4) is 0 Å². The molecule has 0 radical (unpaired) electrons. The van der Waals surface area contributed by atoms with E-state index in [1.165, 1.54) is 10.4 Å². The van der Waals surface area contributed by atoms with Crippen LogP contribution >= 0.6 is 11.3 Å². The second-order valence-corrected chi connectivity index (χ2v) is 5.53. The Labute approximate surface area is 124 Å². The molecule has 0 saturated carbocycles. The summed E-state index contributed by atoms with van der Waals surface area (Å²) in [5.41, 5.74) is 1.23. The van der Waals surface area contributed by atoms with E-state index in [1.54, 1.807) is 18.4 Å². The Morgan fingerprint density at radius 2 is 2.10 bits per heavy atom. The van der Waals surface area contributed by atoms with Crippen molar-refractivity contribution in [1.29, 1.82) is 0 Å². The molecular formula is C16H21NO2S. The Bertz CT molecular complexity index is 485. The van der Waals surface area contributed by atoms with E-state index in [0.717, 1.165) is 38.5 Å². The first kappa shape index (κ1) is 15.0. The molecular weight excluding hydrogens is 270 g/mol. The van der Waals surface area contributed by atoms with Gasteiger partial charge in [-0.05, 0) is 29.1 Å². The topological polar surface area (TPSA) is 30.5 Å². The van der Waals surface area contributed by atoms with Gasteiger partial charge in [0, 0.05) is 31.5 Å². The zero-order valence-electron chi connectivity index (χ0n) is 11.8. The molecule has 0 aliphatic rings. The molecule has 2 rings (SSSR count). The Hall–Kier alpha value is -1.36. The van der Waals surface area contributed by atoms with E-state index in [4.69, 9.17) is 9.47 Å². The molecule has 0 spiro atoms. The van der Waals surface area contributed by atoms with E-state index in [0.29, 0.717) is 0 Å². The third-order valence-electron chi connectivity index (χ3n) is 2.91. The zero-order chi connectivity index (χ0) is 14.0. The highest BCUT2D eigenvalue weighted by Gasteiger charge is 1.99. The van der Waals surface area contributed by atoms with E-state index >= 15 is 0 Å². The minimum Gasteiger partial charge on any atom is -0.493 e. The van der Waals surface area contributed by atoms with Crippen molar-refractivity contribution in [2.45, 2.75) is 13.0 Å². The maximum absolute atomic E-state index is 5.80. The molecule has 0 aliphatic heterocycles. The third kappa shape index (κ3) is 5.33. The summed E-state index contributed by atoms with van der Waals surface area (Å²) in [7, 11) is 1.71. The molecule has 0 fully saturated rings. The van der Waals surface area contributed by atoms with Crippen LogP contribution in [0.4, 0.5) is 0 Å². The van der Waals surface area contributed by atoms with Gasteiger partial charge in [0.25, 0.3) is 0 Å². The van der Waals surface area contributed by atoms with Crippen molar-refractivity contribution in [2.75, 3.05) is 26.9 Å². The van der Waals surface area contributed by atoms with E-state index in [9.17, 15) is 0 Å². The highest BCUT2D eigenvalue weighted by molar-refractivity contribution is 7.09. The molecule has 1 N–H and O–H groups in total. The predicted octanol–water partition coefficient (Wildman–Crippen LogP) is 3.11. The van der Waals surface area contributed by atoms with Crippen LogP contribution in [0.15, 0.2) is 41.8 Å². The van der Waals surface area contributed by atoms with Gasteiger partial charge in [-0.25, -0.2) is 0 Å². The smallest absolute Gasteiger partial charge is 0.119 e. The quantitative estimate of drug-likeness (QED) is 0.720. The molecule has 0 aliphatic carbocycles. The molecule has 3 nitrogen and oxygen atoms in total. The minimum atomic E-state index is 0.723. The van der Waals surface area contributed by atoms with E-state index in [-0.39, 0.29) is 0 Å². The Morgan fingerprint density at radius 3 is 2.90 bits per heavy atom. The summed E-state index contributed by atoms with van der Waals surface area (Å²) < 4.78 is 10.8. The third-order valence-corrected chi connectivity index (χ3v) is 3.84. The highest BCUT2D eigenvalue weighted by Crippen LogP contribution is 2.15. The monoisotopic (exact) mass is 291 g/mol. The minimum absolute atomic E-state index is 0.723. The molecule has 1 heterocycles. The fourth-order valence-corrected chi connectivity index (χ4v) is 2.57. The Morgan fingerprint density at radius 1 is 1.15 bits per heavy atom. The fourth-order valence-electron chi connectivity index (χ4n) is 1.88. The Kier molecular flexibility index (Phi) is 6.57. The Balaban J connectivity index is 1.74. The summed E-state index contributed by atoms with van der Waals surface area (Å²) in [5.74, 6) is 0.938. The molecule has 0 amide bonds. The summed E-state index contributed by atoms with van der Waals surface area (Å²) in [6.07, 6.45) is 0.966. The maximum atomic E-state index is 5.80. The lowest BCUT2D eigenvalue weighted by Crippen LogP contribution is -2.18. The fraction of sp³-hybridized carbons (Fsp3) is 0.375. The molecule has 0 bridgehead atoms. The van der Waals surface area contributed by atoms with Gasteiger partial charge in [0.15, 0.2) is 0 Å². The molecule has 20 heavy (non-hydrogen) atoms. The lowest BCUT2D eigenvalue weighted by molar-refractivity contribution is 0.199. The van der Waals surface area contributed by atoms with Gasteiger partial charge in [-0.1, -0.05) is 18.2 Å². The van der Waals surface area contributed by atoms with Gasteiger partial charge >= 0.3 is 0 Å². The van der Waals surface area contributed by atoms with Gasteiger partial charge in [0.05, 0.1) is 13.2 Å². The van der Waals surface area contributed by atoms with Crippen LogP contribution in [0.1, 0.15) is 10.4 Å². The standard InChI is InChI=1S/C16H21NO2S/c1-18-10-8-17-13-14-4-2-5-15(12-14)19-9-7-16-6-3-11-20-16/h2-6,11-12,17H,7-10,13H2,1H3. The van der Waals surface area contributed by atoms with Crippen LogP contribution in [-0.4, -0.2) is 26.9 Å². The van der Waals surface area contributed by atoms with Gasteiger partial charge in [-0.3, -0.25) is 0 Å². The first-order valence-electron chi connectivity index (χ1n) is 6.82. The van der Waals surface area contributed by atoms with Gasteiger partial charge in [0.1, 0.15) is 5.75 Å². The second-order valence-electron chi connectivity index (χ2n) is 4.49. The molecule has 1 aromatic carbocycles. The van der Waals surface area contributed by atoms with Crippen molar-refractivity contribution in [3.05, 3.63) is 52.2 Å². The van der Waals surface area contributed by atoms with Crippen LogP contribution in [0.25, 0.3) is 0 Å². The van der Waals surface area contributed by atoms with Gasteiger partial charge < -0.3 is 14.8 Å². The number of hydrogen-bond donors (Lipinski definition) is 1. The highest BCUT2D eigenvalue weighted by atomic mass is 32.1. The molecule has 0 atom stereocenters. The van der Waals surface area contributed by atoms with E-state index < -0.39 is 0 Å². The average molecular weight is 291 g/mol. The van der Waals surface area contributed by atoms with Gasteiger partial charge in [-0.15, -0.1) is 11.3 Å². The van der Waals surface area contributed by atoms with Crippen LogP contribution in [-0.2, 0) is 17.7 Å². The normalized spacial score (nSPS) is 10.7. The molecule has 0 unspecified atom stereocenters. The summed E-state index contributed by atoms with van der Waals surface area (Å²) in [6.45, 7) is 3.16. The first-order chi connectivity index (χ1) is 9.88. The molecule has 0 saturated heterocycles. The van der Waals surface area contributed by atoms with Gasteiger partial charge in [0.2, 0.25) is 0 Å². The van der Waals surface area contributed by atoms with Crippen molar-refractivity contribution < 1.29 is 9.47 Å². The average Bonchev–Trinajstić information content (AvgIpc) is 2.97. The lowest BCUT2D eigenvalue weighted by Gasteiger charge is -2.08. The van der Waals surface area contributed by atoms with Crippen molar-refractivity contribution in [1.82, 2.24) is 5.32 Å². The number of rotatable bonds is 9. The number of methoxy groups -OCH3 is 1. The molecule has 4 heteroatoms. The lowest BCUT2D eigenvalue weighted by atomic mass is 10.2. The van der Waals surface area contributed by atoms with Crippen molar-refractivity contribution >= 4 is 11.3 Å². The summed E-state index contributed by atoms with van der Waals surface area (Å²) in [6, 6.07) is 12.5. The van der Waals surface area contributed by atoms with Crippen LogP contribution < -0.4 is 10.1 Å². The summed E-state index contributed by atoms with van der Waals surface area (Å²) in [4.78, 5) is 1.36. The number of nitrogens with one attached hydrogen (secondary N) is 1.